The number of aromatic nitrogens is 1. The second kappa shape index (κ2) is 6.85. The molecular weight excluding hydrogens is 264 g/mol. The molecule has 4 N–H and O–H groups in total. The molecule has 1 aromatic carbocycles. The van der Waals surface area contributed by atoms with Gasteiger partial charge in [0.05, 0.1) is 5.56 Å². The first-order chi connectivity index (χ1) is 10.1. The SMILES string of the molecule is Cc1cccc(N(CCCN)c2ncccc2C(N)=O)c1. The summed E-state index contributed by atoms with van der Waals surface area (Å²) in [7, 11) is 0. The molecule has 5 nitrogen and oxygen atoms in total. The van der Waals surface area contributed by atoms with E-state index in [0.29, 0.717) is 24.5 Å². The van der Waals surface area contributed by atoms with Crippen LogP contribution in [0, 0.1) is 6.92 Å². The Hall–Kier alpha value is -2.40. The van der Waals surface area contributed by atoms with Crippen LogP contribution in [-0.4, -0.2) is 24.0 Å². The number of rotatable bonds is 6. The highest BCUT2D eigenvalue weighted by Gasteiger charge is 2.17. The molecule has 1 amide bonds. The molecule has 2 aromatic rings. The Morgan fingerprint density at radius 1 is 1.29 bits per heavy atom. The Balaban J connectivity index is 2.48. The summed E-state index contributed by atoms with van der Waals surface area (Å²) >= 11 is 0. The van der Waals surface area contributed by atoms with E-state index in [4.69, 9.17) is 11.5 Å². The number of nitrogens with two attached hydrogens (primary N) is 2. The van der Waals surface area contributed by atoms with Crippen LogP contribution in [-0.2, 0) is 0 Å². The maximum Gasteiger partial charge on any atom is 0.252 e. The third-order valence-corrected chi connectivity index (χ3v) is 3.21. The topological polar surface area (TPSA) is 85.2 Å². The van der Waals surface area contributed by atoms with Crippen LogP contribution in [0.3, 0.4) is 0 Å². The zero-order chi connectivity index (χ0) is 15.2. The van der Waals surface area contributed by atoms with Crippen molar-refractivity contribution >= 4 is 17.4 Å². The van der Waals surface area contributed by atoms with Gasteiger partial charge in [0.1, 0.15) is 5.82 Å². The predicted octanol–water partition coefficient (Wildman–Crippen LogP) is 1.98. The highest BCUT2D eigenvalue weighted by atomic mass is 16.1. The summed E-state index contributed by atoms with van der Waals surface area (Å²) in [6.45, 7) is 3.27. The highest BCUT2D eigenvalue weighted by molar-refractivity contribution is 5.98. The molecule has 2 rings (SSSR count). The third-order valence-electron chi connectivity index (χ3n) is 3.21. The average molecular weight is 284 g/mol. The molecule has 0 aliphatic rings. The van der Waals surface area contributed by atoms with Crippen LogP contribution in [0.4, 0.5) is 11.5 Å². The first kappa shape index (κ1) is 15.0. The predicted molar refractivity (Wildman–Crippen MR) is 84.6 cm³/mol. The lowest BCUT2D eigenvalue weighted by atomic mass is 10.1. The van der Waals surface area contributed by atoms with E-state index in [1.165, 1.54) is 0 Å². The maximum atomic E-state index is 11.6. The molecule has 0 radical (unpaired) electrons. The zero-order valence-electron chi connectivity index (χ0n) is 12.1. The summed E-state index contributed by atoms with van der Waals surface area (Å²) in [4.78, 5) is 18.0. The van der Waals surface area contributed by atoms with E-state index in [2.05, 4.69) is 11.1 Å². The molecule has 21 heavy (non-hydrogen) atoms. The first-order valence-corrected chi connectivity index (χ1v) is 6.92. The molecule has 110 valence electrons. The number of primary amides is 1. The molecule has 5 heteroatoms. The van der Waals surface area contributed by atoms with Crippen molar-refractivity contribution in [3.63, 3.8) is 0 Å². The van der Waals surface area contributed by atoms with Gasteiger partial charge in [-0.3, -0.25) is 4.79 Å². The Labute approximate surface area is 124 Å². The van der Waals surface area contributed by atoms with Gasteiger partial charge in [-0.25, -0.2) is 4.98 Å². The van der Waals surface area contributed by atoms with E-state index in [1.54, 1.807) is 18.3 Å². The van der Waals surface area contributed by atoms with Gasteiger partial charge in [-0.15, -0.1) is 0 Å². The molecular formula is C16H20N4O. The minimum absolute atomic E-state index is 0.413. The van der Waals surface area contributed by atoms with Crippen LogP contribution >= 0.6 is 0 Å². The van der Waals surface area contributed by atoms with Crippen molar-refractivity contribution < 1.29 is 4.79 Å². The average Bonchev–Trinajstić information content (AvgIpc) is 2.48. The molecule has 0 aliphatic carbocycles. The number of amides is 1. The van der Waals surface area contributed by atoms with Gasteiger partial charge >= 0.3 is 0 Å². The fourth-order valence-corrected chi connectivity index (χ4v) is 2.21. The van der Waals surface area contributed by atoms with Crippen LogP contribution in [0.15, 0.2) is 42.6 Å². The van der Waals surface area contributed by atoms with Crippen molar-refractivity contribution in [3.05, 3.63) is 53.7 Å². The summed E-state index contributed by atoms with van der Waals surface area (Å²) in [5, 5.41) is 0. The Morgan fingerprint density at radius 2 is 2.10 bits per heavy atom. The smallest absolute Gasteiger partial charge is 0.252 e. The molecule has 0 saturated carbocycles. The second-order valence-electron chi connectivity index (χ2n) is 4.87. The molecule has 0 bridgehead atoms. The van der Waals surface area contributed by atoms with Gasteiger partial charge in [-0.2, -0.15) is 0 Å². The van der Waals surface area contributed by atoms with Crippen molar-refractivity contribution in [2.24, 2.45) is 11.5 Å². The molecule has 0 fully saturated rings. The van der Waals surface area contributed by atoms with Crippen LogP contribution in [0.5, 0.6) is 0 Å². The number of carbonyl (C=O) groups is 1. The van der Waals surface area contributed by atoms with Gasteiger partial charge < -0.3 is 16.4 Å². The van der Waals surface area contributed by atoms with Crippen LogP contribution < -0.4 is 16.4 Å². The van der Waals surface area contributed by atoms with Crippen molar-refractivity contribution in [1.82, 2.24) is 4.98 Å². The molecule has 0 unspecified atom stereocenters. The lowest BCUT2D eigenvalue weighted by molar-refractivity contribution is 0.100. The number of pyridine rings is 1. The second-order valence-corrected chi connectivity index (χ2v) is 4.87. The Morgan fingerprint density at radius 3 is 2.76 bits per heavy atom. The van der Waals surface area contributed by atoms with Crippen LogP contribution in [0.2, 0.25) is 0 Å². The quantitative estimate of drug-likeness (QED) is 0.849. The van der Waals surface area contributed by atoms with Crippen molar-refractivity contribution in [2.75, 3.05) is 18.0 Å². The van der Waals surface area contributed by atoms with Crippen LogP contribution in [0.25, 0.3) is 0 Å². The highest BCUT2D eigenvalue weighted by Crippen LogP contribution is 2.27. The monoisotopic (exact) mass is 284 g/mol. The zero-order valence-corrected chi connectivity index (χ0v) is 12.1. The van der Waals surface area contributed by atoms with Gasteiger partial charge in [-0.1, -0.05) is 12.1 Å². The standard InChI is InChI=1S/C16H20N4O/c1-12-5-2-6-13(11-12)20(10-4-8-17)16-14(15(18)21)7-3-9-19-16/h2-3,5-7,9,11H,4,8,10,17H2,1H3,(H2,18,21). The van der Waals surface area contributed by atoms with Crippen LogP contribution in [0.1, 0.15) is 22.3 Å². The minimum Gasteiger partial charge on any atom is -0.365 e. The number of hydrogen-bond donors (Lipinski definition) is 2. The van der Waals surface area contributed by atoms with E-state index in [9.17, 15) is 4.79 Å². The molecule has 0 atom stereocenters. The molecule has 1 heterocycles. The normalized spacial score (nSPS) is 10.4. The number of aryl methyl sites for hydroxylation is 1. The van der Waals surface area contributed by atoms with E-state index in [-0.39, 0.29) is 0 Å². The molecule has 1 aromatic heterocycles. The summed E-state index contributed by atoms with van der Waals surface area (Å²) < 4.78 is 0. The summed E-state index contributed by atoms with van der Waals surface area (Å²) in [6.07, 6.45) is 2.45. The van der Waals surface area contributed by atoms with E-state index < -0.39 is 5.91 Å². The van der Waals surface area contributed by atoms with Gasteiger partial charge in [-0.05, 0) is 49.7 Å². The maximum absolute atomic E-state index is 11.6. The van der Waals surface area contributed by atoms with E-state index >= 15 is 0 Å². The Kier molecular flexibility index (Phi) is 4.90. The van der Waals surface area contributed by atoms with Crippen molar-refractivity contribution in [1.29, 1.82) is 0 Å². The number of carbonyl (C=O) groups excluding carboxylic acids is 1. The fraction of sp³-hybridized carbons (Fsp3) is 0.250. The number of nitrogens with zero attached hydrogens (tertiary/aromatic N) is 2. The summed E-state index contributed by atoms with van der Waals surface area (Å²) in [5.74, 6) is 0.0903. The largest absolute Gasteiger partial charge is 0.365 e. The lowest BCUT2D eigenvalue weighted by Gasteiger charge is -2.25. The van der Waals surface area contributed by atoms with Gasteiger partial charge in [0.2, 0.25) is 0 Å². The molecule has 0 spiro atoms. The number of anilines is 2. The number of benzene rings is 1. The summed E-state index contributed by atoms with van der Waals surface area (Å²) in [5.41, 5.74) is 13.6. The van der Waals surface area contributed by atoms with Gasteiger partial charge in [0.15, 0.2) is 0 Å². The van der Waals surface area contributed by atoms with Gasteiger partial charge in [0, 0.05) is 18.4 Å². The minimum atomic E-state index is -0.483. The summed E-state index contributed by atoms with van der Waals surface area (Å²) in [6, 6.07) is 11.4. The number of hydrogen-bond acceptors (Lipinski definition) is 4. The molecule has 0 saturated heterocycles. The fourth-order valence-electron chi connectivity index (χ4n) is 2.21. The molecule has 0 aliphatic heterocycles. The van der Waals surface area contributed by atoms with Crippen molar-refractivity contribution in [2.45, 2.75) is 13.3 Å². The van der Waals surface area contributed by atoms with E-state index in [0.717, 1.165) is 17.7 Å². The first-order valence-electron chi connectivity index (χ1n) is 6.92. The van der Waals surface area contributed by atoms with Crippen molar-refractivity contribution in [3.8, 4) is 0 Å². The lowest BCUT2D eigenvalue weighted by Crippen LogP contribution is -2.25. The van der Waals surface area contributed by atoms with E-state index in [1.807, 2.05) is 30.0 Å². The van der Waals surface area contributed by atoms with Gasteiger partial charge in [0.25, 0.3) is 5.91 Å². The third kappa shape index (κ3) is 3.58. The Bertz CT molecular complexity index is 627.